The molecule has 2 rings (SSSR count). The van der Waals surface area contributed by atoms with Crippen LogP contribution >= 0.6 is 11.6 Å². The van der Waals surface area contributed by atoms with E-state index in [4.69, 9.17) is 11.6 Å². The summed E-state index contributed by atoms with van der Waals surface area (Å²) in [6.07, 6.45) is 0.867. The maximum atomic E-state index is 14.1. The highest BCUT2D eigenvalue weighted by molar-refractivity contribution is 6.31. The van der Waals surface area contributed by atoms with E-state index >= 15 is 0 Å². The first-order chi connectivity index (χ1) is 10.1. The van der Waals surface area contributed by atoms with Crippen molar-refractivity contribution in [3.8, 4) is 0 Å². The fourth-order valence-corrected chi connectivity index (χ4v) is 2.56. The second kappa shape index (κ2) is 7.01. The molecule has 0 aromatic heterocycles. The second-order valence-electron chi connectivity index (χ2n) is 4.98. The Morgan fingerprint density at radius 1 is 1.10 bits per heavy atom. The Morgan fingerprint density at radius 3 is 2.33 bits per heavy atom. The van der Waals surface area contributed by atoms with E-state index in [2.05, 4.69) is 5.32 Å². The fraction of sp³-hybridized carbons (Fsp3) is 0.294. The molecule has 1 N–H and O–H groups in total. The van der Waals surface area contributed by atoms with Crippen molar-refractivity contribution in [1.82, 2.24) is 5.32 Å². The SMILES string of the molecule is CCCNC(c1cccc(Cl)c1C)c1c(F)cccc1F. The van der Waals surface area contributed by atoms with Crippen LogP contribution in [0.4, 0.5) is 8.78 Å². The fourth-order valence-electron chi connectivity index (χ4n) is 2.38. The molecular weight excluding hydrogens is 292 g/mol. The summed E-state index contributed by atoms with van der Waals surface area (Å²) in [7, 11) is 0. The third-order valence-corrected chi connectivity index (χ3v) is 3.92. The molecule has 0 bridgehead atoms. The average Bonchev–Trinajstić information content (AvgIpc) is 2.45. The van der Waals surface area contributed by atoms with Crippen LogP contribution in [0.3, 0.4) is 0 Å². The molecule has 4 heteroatoms. The van der Waals surface area contributed by atoms with Crippen molar-refractivity contribution in [3.05, 3.63) is 69.7 Å². The molecule has 112 valence electrons. The highest BCUT2D eigenvalue weighted by Crippen LogP contribution is 2.31. The highest BCUT2D eigenvalue weighted by Gasteiger charge is 2.23. The van der Waals surface area contributed by atoms with Gasteiger partial charge in [0.25, 0.3) is 0 Å². The van der Waals surface area contributed by atoms with Gasteiger partial charge >= 0.3 is 0 Å². The molecule has 0 heterocycles. The van der Waals surface area contributed by atoms with Crippen LogP contribution in [-0.4, -0.2) is 6.54 Å². The molecule has 0 amide bonds. The van der Waals surface area contributed by atoms with Crippen molar-refractivity contribution < 1.29 is 8.78 Å². The summed E-state index contributed by atoms with van der Waals surface area (Å²) in [6, 6.07) is 8.79. The van der Waals surface area contributed by atoms with Crippen LogP contribution < -0.4 is 5.32 Å². The predicted molar refractivity (Wildman–Crippen MR) is 82.7 cm³/mol. The van der Waals surface area contributed by atoms with E-state index in [1.807, 2.05) is 19.9 Å². The van der Waals surface area contributed by atoms with E-state index in [9.17, 15) is 8.78 Å². The maximum Gasteiger partial charge on any atom is 0.131 e. The summed E-state index contributed by atoms with van der Waals surface area (Å²) in [4.78, 5) is 0. The van der Waals surface area contributed by atoms with Gasteiger partial charge in [-0.15, -0.1) is 0 Å². The van der Waals surface area contributed by atoms with Gasteiger partial charge in [0.15, 0.2) is 0 Å². The average molecular weight is 310 g/mol. The molecule has 0 aliphatic heterocycles. The molecular formula is C17H18ClF2N. The lowest BCUT2D eigenvalue weighted by molar-refractivity contribution is 0.502. The zero-order valence-corrected chi connectivity index (χ0v) is 12.8. The zero-order valence-electron chi connectivity index (χ0n) is 12.1. The van der Waals surface area contributed by atoms with E-state index in [1.54, 1.807) is 12.1 Å². The molecule has 0 saturated heterocycles. The van der Waals surface area contributed by atoms with Gasteiger partial charge in [-0.3, -0.25) is 0 Å². The first-order valence-electron chi connectivity index (χ1n) is 6.98. The molecule has 0 aliphatic carbocycles. The van der Waals surface area contributed by atoms with Crippen LogP contribution in [0.1, 0.15) is 36.1 Å². The van der Waals surface area contributed by atoms with Gasteiger partial charge in [-0.2, -0.15) is 0 Å². The van der Waals surface area contributed by atoms with Crippen molar-refractivity contribution in [1.29, 1.82) is 0 Å². The molecule has 2 aromatic rings. The van der Waals surface area contributed by atoms with Crippen LogP contribution in [0.25, 0.3) is 0 Å². The Kier molecular flexibility index (Phi) is 5.32. The first kappa shape index (κ1) is 15.9. The van der Waals surface area contributed by atoms with Gasteiger partial charge in [0, 0.05) is 10.6 Å². The second-order valence-corrected chi connectivity index (χ2v) is 5.38. The molecule has 2 aromatic carbocycles. The smallest absolute Gasteiger partial charge is 0.131 e. The largest absolute Gasteiger partial charge is 0.306 e. The summed E-state index contributed by atoms with van der Waals surface area (Å²) >= 11 is 6.14. The minimum atomic E-state index is -0.553. The molecule has 0 aliphatic rings. The van der Waals surface area contributed by atoms with E-state index < -0.39 is 17.7 Å². The van der Waals surface area contributed by atoms with E-state index in [0.29, 0.717) is 11.6 Å². The molecule has 1 atom stereocenters. The van der Waals surface area contributed by atoms with Crippen molar-refractivity contribution in [2.24, 2.45) is 0 Å². The van der Waals surface area contributed by atoms with Crippen LogP contribution in [0.5, 0.6) is 0 Å². The van der Waals surface area contributed by atoms with Gasteiger partial charge in [0.2, 0.25) is 0 Å². The lowest BCUT2D eigenvalue weighted by atomic mass is 9.94. The first-order valence-corrected chi connectivity index (χ1v) is 7.36. The summed E-state index contributed by atoms with van der Waals surface area (Å²) in [5.74, 6) is -1.11. The molecule has 1 nitrogen and oxygen atoms in total. The van der Waals surface area contributed by atoms with Crippen molar-refractivity contribution in [2.75, 3.05) is 6.54 Å². The Balaban J connectivity index is 2.55. The zero-order chi connectivity index (χ0) is 15.4. The van der Waals surface area contributed by atoms with Crippen molar-refractivity contribution in [3.63, 3.8) is 0 Å². The number of hydrogen-bond donors (Lipinski definition) is 1. The van der Waals surface area contributed by atoms with Gasteiger partial charge in [-0.05, 0) is 49.2 Å². The molecule has 21 heavy (non-hydrogen) atoms. The molecule has 1 unspecified atom stereocenters. The molecule has 0 radical (unpaired) electrons. The Labute approximate surface area is 128 Å². The Morgan fingerprint density at radius 2 is 1.71 bits per heavy atom. The van der Waals surface area contributed by atoms with E-state index in [-0.39, 0.29) is 5.56 Å². The van der Waals surface area contributed by atoms with Crippen LogP contribution in [0, 0.1) is 18.6 Å². The van der Waals surface area contributed by atoms with Crippen molar-refractivity contribution >= 4 is 11.6 Å². The standard InChI is InChI=1S/C17H18ClF2N/c1-3-10-21-17(12-6-4-7-13(18)11(12)2)16-14(19)8-5-9-15(16)20/h4-9,17,21H,3,10H2,1-2H3. The number of hydrogen-bond acceptors (Lipinski definition) is 1. The van der Waals surface area contributed by atoms with E-state index in [0.717, 1.165) is 17.5 Å². The van der Waals surface area contributed by atoms with Gasteiger partial charge in [-0.1, -0.05) is 36.7 Å². The summed E-state index contributed by atoms with van der Waals surface area (Å²) in [5.41, 5.74) is 1.66. The van der Waals surface area contributed by atoms with Crippen LogP contribution in [0.2, 0.25) is 5.02 Å². The van der Waals surface area contributed by atoms with Gasteiger partial charge < -0.3 is 5.32 Å². The van der Waals surface area contributed by atoms with Gasteiger partial charge in [0.1, 0.15) is 11.6 Å². The lowest BCUT2D eigenvalue weighted by Crippen LogP contribution is -2.26. The van der Waals surface area contributed by atoms with Crippen molar-refractivity contribution in [2.45, 2.75) is 26.3 Å². The number of benzene rings is 2. The number of halogens is 3. The Bertz CT molecular complexity index is 608. The van der Waals surface area contributed by atoms with Crippen LogP contribution in [0.15, 0.2) is 36.4 Å². The quantitative estimate of drug-likeness (QED) is 0.818. The molecule has 0 spiro atoms. The lowest BCUT2D eigenvalue weighted by Gasteiger charge is -2.23. The summed E-state index contributed by atoms with van der Waals surface area (Å²) < 4.78 is 28.3. The van der Waals surface area contributed by atoms with Gasteiger partial charge in [-0.25, -0.2) is 8.78 Å². The van der Waals surface area contributed by atoms with Crippen LogP contribution in [-0.2, 0) is 0 Å². The maximum absolute atomic E-state index is 14.1. The van der Waals surface area contributed by atoms with E-state index in [1.165, 1.54) is 18.2 Å². The molecule has 0 saturated carbocycles. The third-order valence-electron chi connectivity index (χ3n) is 3.51. The normalized spacial score (nSPS) is 12.4. The third kappa shape index (κ3) is 3.42. The highest BCUT2D eigenvalue weighted by atomic mass is 35.5. The topological polar surface area (TPSA) is 12.0 Å². The Hall–Kier alpha value is -1.45. The minimum Gasteiger partial charge on any atom is -0.306 e. The predicted octanol–water partition coefficient (Wildman–Crippen LogP) is 5.02. The summed E-state index contributed by atoms with van der Waals surface area (Å²) in [5, 5.41) is 3.80. The number of nitrogens with one attached hydrogen (secondary N) is 1. The van der Waals surface area contributed by atoms with Gasteiger partial charge in [0.05, 0.1) is 6.04 Å². The molecule has 0 fully saturated rings. The monoisotopic (exact) mass is 309 g/mol. The minimum absolute atomic E-state index is 0.0383. The number of rotatable bonds is 5. The summed E-state index contributed by atoms with van der Waals surface area (Å²) in [6.45, 7) is 4.52.